The zero-order valence-corrected chi connectivity index (χ0v) is 33.7. The van der Waals surface area contributed by atoms with Crippen LogP contribution in [0.2, 0.25) is 0 Å². The van der Waals surface area contributed by atoms with Crippen LogP contribution in [0.3, 0.4) is 0 Å². The molecule has 1 aromatic carbocycles. The predicted molar refractivity (Wildman–Crippen MR) is 205 cm³/mol. The van der Waals surface area contributed by atoms with Gasteiger partial charge >= 0.3 is 5.97 Å². The van der Waals surface area contributed by atoms with Crippen LogP contribution in [0.1, 0.15) is 118 Å². The molecule has 3 fully saturated rings. The molecule has 0 bridgehead atoms. The number of pyridine rings is 1. The van der Waals surface area contributed by atoms with Gasteiger partial charge in [0.2, 0.25) is 28.7 Å². The number of allylic oxidation sites excluding steroid dienone is 1. The molecule has 13 nitrogen and oxygen atoms in total. The van der Waals surface area contributed by atoms with E-state index in [0.717, 1.165) is 6.42 Å². The molecule has 4 heterocycles. The summed E-state index contributed by atoms with van der Waals surface area (Å²) in [7, 11) is -4.07. The molecule has 0 unspecified atom stereocenters. The Kier molecular flexibility index (Phi) is 9.91. The number of halogens is 2. The van der Waals surface area contributed by atoms with Gasteiger partial charge in [-0.05, 0) is 91.3 Å². The van der Waals surface area contributed by atoms with Gasteiger partial charge in [-0.3, -0.25) is 23.9 Å². The van der Waals surface area contributed by atoms with Crippen molar-refractivity contribution >= 4 is 44.6 Å². The van der Waals surface area contributed by atoms with Gasteiger partial charge in [-0.25, -0.2) is 22.2 Å². The summed E-state index contributed by atoms with van der Waals surface area (Å²) in [5, 5.41) is 3.03. The van der Waals surface area contributed by atoms with Crippen LogP contribution in [0.25, 0.3) is 10.9 Å². The first-order valence-corrected chi connectivity index (χ1v) is 21.2. The van der Waals surface area contributed by atoms with Gasteiger partial charge in [0, 0.05) is 35.6 Å². The largest absolute Gasteiger partial charge is 0.483 e. The summed E-state index contributed by atoms with van der Waals surface area (Å²) in [5.41, 5.74) is -3.28. The third kappa shape index (κ3) is 8.07. The lowest BCUT2D eigenvalue weighted by Crippen LogP contribution is -2.57. The van der Waals surface area contributed by atoms with Crippen LogP contribution in [-0.2, 0) is 33.9 Å². The van der Waals surface area contributed by atoms with Gasteiger partial charge in [0.15, 0.2) is 0 Å². The number of esters is 1. The first-order chi connectivity index (χ1) is 27.4. The molecule has 0 radical (unpaired) electrons. The van der Waals surface area contributed by atoms with Crippen LogP contribution >= 0.6 is 0 Å². The van der Waals surface area contributed by atoms with E-state index in [-0.39, 0.29) is 54.7 Å². The van der Waals surface area contributed by atoms with Gasteiger partial charge in [-0.2, -0.15) is 0 Å². The number of rotatable bonds is 7. The third-order valence-electron chi connectivity index (χ3n) is 12.0. The first kappa shape index (κ1) is 38.2. The minimum absolute atomic E-state index is 0.0413. The fourth-order valence-corrected chi connectivity index (χ4v) is 9.85. The van der Waals surface area contributed by atoms with Gasteiger partial charge in [0.25, 0.3) is 5.91 Å². The number of amides is 3. The van der Waals surface area contributed by atoms with Crippen LogP contribution in [-0.4, -0.2) is 82.9 Å². The summed E-state index contributed by atoms with van der Waals surface area (Å²) in [4.78, 5) is 62.5. The molecule has 2 saturated carbocycles. The average molecular weight is 817 g/mol. The lowest BCUT2D eigenvalue weighted by atomic mass is 9.86. The van der Waals surface area contributed by atoms with E-state index in [9.17, 15) is 32.0 Å². The number of carbonyl (C=O) groups is 4. The summed E-state index contributed by atoms with van der Waals surface area (Å²) < 4.78 is 89.7. The fourth-order valence-electron chi connectivity index (χ4n) is 8.54. The number of hydrogen-bond acceptors (Lipinski definition) is 10. The number of alkyl halides is 2. The highest BCUT2D eigenvalue weighted by Crippen LogP contribution is 2.52. The number of sulfonamides is 1. The monoisotopic (exact) mass is 816 g/mol. The Labute approximate surface area is 334 Å². The van der Waals surface area contributed by atoms with Crippen molar-refractivity contribution in [2.24, 2.45) is 11.8 Å². The van der Waals surface area contributed by atoms with Crippen LogP contribution in [0.15, 0.2) is 30.4 Å². The van der Waals surface area contributed by atoms with Crippen molar-refractivity contribution in [3.05, 3.63) is 41.6 Å². The molecule has 5 aliphatic rings. The Morgan fingerprint density at radius 3 is 2.61 bits per heavy atom. The van der Waals surface area contributed by atoms with Crippen LogP contribution in [0.5, 0.6) is 11.5 Å². The Balaban J connectivity index is 1.26. The molecule has 16 heteroatoms. The second kappa shape index (κ2) is 14.8. The normalized spacial score (nSPS) is 31.2. The molecule has 1 spiro atoms. The molecule has 2 aliphatic carbocycles. The van der Waals surface area contributed by atoms with Gasteiger partial charge in [-0.15, -0.1) is 0 Å². The molecule has 2 N–H and O–H groups in total. The van der Waals surface area contributed by atoms with Crippen molar-refractivity contribution in [3.8, 4) is 11.5 Å². The maximum atomic E-state index is 16.9. The summed E-state index contributed by atoms with van der Waals surface area (Å²) in [6, 6.07) is 2.71. The van der Waals surface area contributed by atoms with Gasteiger partial charge in [0.1, 0.15) is 43.2 Å². The SMILES string of the molecule is [2H]C([2H])(F)Oc1ccc2nc(C)c3c(c2c1)[C@H](F)C[C@]1(C[C@H]2C(=O)N[C@]4(C(=O)NS(=O)(=O)C5(C)CC5)C[C@H]4/C=C\CCCCC[C@H](CC(=O)OC(C)(C)C)C(=O)N2C1)O3. The fraction of sp³-hybridized carbons (Fsp3) is 0.634. The summed E-state index contributed by atoms with van der Waals surface area (Å²) in [5.74, 6) is -4.39. The maximum Gasteiger partial charge on any atom is 0.307 e. The van der Waals surface area contributed by atoms with Gasteiger partial charge in [0.05, 0.1) is 28.9 Å². The molecule has 310 valence electrons. The van der Waals surface area contributed by atoms with E-state index in [4.69, 9.17) is 17.0 Å². The highest BCUT2D eigenvalue weighted by Gasteiger charge is 2.64. The molecule has 6 atom stereocenters. The molecule has 7 rings (SSSR count). The van der Waals surface area contributed by atoms with Crippen LogP contribution in [0, 0.1) is 18.8 Å². The van der Waals surface area contributed by atoms with Crippen LogP contribution < -0.4 is 19.5 Å². The maximum absolute atomic E-state index is 16.9. The van der Waals surface area contributed by atoms with Crippen molar-refractivity contribution in [2.45, 2.75) is 139 Å². The zero-order valence-electron chi connectivity index (χ0n) is 34.9. The van der Waals surface area contributed by atoms with E-state index in [1.807, 2.05) is 12.2 Å². The van der Waals surface area contributed by atoms with E-state index in [1.54, 1.807) is 34.6 Å². The molecule has 57 heavy (non-hydrogen) atoms. The number of carbonyl (C=O) groups excluding carboxylic acids is 4. The molecule has 1 saturated heterocycles. The van der Waals surface area contributed by atoms with Crippen molar-refractivity contribution < 1.29 is 53.3 Å². The quantitative estimate of drug-likeness (QED) is 0.260. The Hall–Kier alpha value is -4.34. The van der Waals surface area contributed by atoms with E-state index in [0.29, 0.717) is 49.7 Å². The van der Waals surface area contributed by atoms with Crippen molar-refractivity contribution in [2.75, 3.05) is 13.4 Å². The first-order valence-electron chi connectivity index (χ1n) is 20.7. The number of fused-ring (bicyclic) bond motifs is 5. The van der Waals surface area contributed by atoms with Crippen molar-refractivity contribution in [1.82, 2.24) is 19.9 Å². The lowest BCUT2D eigenvalue weighted by Gasteiger charge is -2.38. The number of ether oxygens (including phenoxy) is 3. The Morgan fingerprint density at radius 1 is 1.16 bits per heavy atom. The number of aromatic nitrogens is 1. The molecular weight excluding hydrogens is 763 g/mol. The summed E-state index contributed by atoms with van der Waals surface area (Å²) in [6.07, 6.45) is 4.98. The van der Waals surface area contributed by atoms with Gasteiger partial charge < -0.3 is 24.4 Å². The topological polar surface area (TPSA) is 170 Å². The van der Waals surface area contributed by atoms with Gasteiger partial charge in [-0.1, -0.05) is 25.0 Å². The van der Waals surface area contributed by atoms with E-state index >= 15 is 4.39 Å². The zero-order chi connectivity index (χ0) is 42.9. The Morgan fingerprint density at radius 2 is 1.91 bits per heavy atom. The molecule has 1 aromatic heterocycles. The highest BCUT2D eigenvalue weighted by molar-refractivity contribution is 7.91. The lowest BCUT2D eigenvalue weighted by molar-refractivity contribution is -0.159. The van der Waals surface area contributed by atoms with E-state index in [1.165, 1.54) is 23.1 Å². The van der Waals surface area contributed by atoms with E-state index in [2.05, 4.69) is 15.0 Å². The number of hydrogen-bond donors (Lipinski definition) is 2. The minimum Gasteiger partial charge on any atom is -0.483 e. The average Bonchev–Trinajstić information content (AvgIpc) is 4.00. The van der Waals surface area contributed by atoms with Crippen molar-refractivity contribution in [3.63, 3.8) is 0 Å². The van der Waals surface area contributed by atoms with E-state index < -0.39 is 86.1 Å². The highest BCUT2D eigenvalue weighted by atomic mass is 32.2. The summed E-state index contributed by atoms with van der Waals surface area (Å²) >= 11 is 0. The molecule has 2 aromatic rings. The second-order valence-corrected chi connectivity index (χ2v) is 19.8. The molecule has 3 amide bonds. The number of nitrogens with zero attached hydrogens (tertiary/aromatic N) is 2. The number of benzene rings is 1. The van der Waals surface area contributed by atoms with Crippen molar-refractivity contribution in [1.29, 1.82) is 0 Å². The van der Waals surface area contributed by atoms with Crippen LogP contribution in [0.4, 0.5) is 8.78 Å². The second-order valence-electron chi connectivity index (χ2n) is 17.7. The predicted octanol–water partition coefficient (Wildman–Crippen LogP) is 5.72. The third-order valence-corrected chi connectivity index (χ3v) is 14.2. The summed E-state index contributed by atoms with van der Waals surface area (Å²) in [6.45, 7) is 4.53. The minimum atomic E-state index is -4.07. The molecular formula is C41H52F2N4O9S. The molecule has 3 aliphatic heterocycles. The number of nitrogens with one attached hydrogen (secondary N) is 2. The number of aryl methyl sites for hydroxylation is 1. The Bertz CT molecular complexity index is 2210. The standard InChI is InChI=1S/C41H52F2N4O9S/c1-24-34-33(28-18-27(54-23-42)13-14-30(28)44-24)29(43)20-40(56-34)21-31-35(49)45-41(37(51)46-57(52,53)39(5)15-16-39)19-26(41)12-10-8-6-7-9-11-25(36(50)47(31)22-40)17-32(48)55-38(2,3)4/h10,12-14,18,25-26,29,31H,6-9,11,15-17,19-23H2,1-5H3,(H,45,49)(H,46,51)/b12-10-/t25-,26-,29-,31+,40-,41-/m1/s1/i23D2. The smallest absolute Gasteiger partial charge is 0.307 e.